The first-order valence-electron chi connectivity index (χ1n) is 38.3. The molecule has 0 spiro atoms. The van der Waals surface area contributed by atoms with Crippen LogP contribution in [0.2, 0.25) is 30.1 Å². The minimum atomic E-state index is -0.868. The fraction of sp³-hybridized carbons (Fsp3) is 0.321. The van der Waals surface area contributed by atoms with Crippen LogP contribution in [0.3, 0.4) is 0 Å². The average molecular weight is 1710 g/mol. The third-order valence-corrected chi connectivity index (χ3v) is 23.0. The third kappa shape index (κ3) is 18.6. The van der Waals surface area contributed by atoms with Gasteiger partial charge in [0, 0.05) is 160 Å². The number of nitrogens with one attached hydrogen (secondary N) is 6. The molecule has 0 bridgehead atoms. The van der Waals surface area contributed by atoms with Crippen molar-refractivity contribution in [3.8, 4) is 0 Å². The van der Waals surface area contributed by atoms with Crippen LogP contribution in [0.25, 0.3) is 0 Å². The van der Waals surface area contributed by atoms with Crippen molar-refractivity contribution in [2.75, 3.05) is 109 Å². The van der Waals surface area contributed by atoms with Gasteiger partial charge in [0.2, 0.25) is 6.08 Å². The van der Waals surface area contributed by atoms with Crippen molar-refractivity contribution in [2.45, 2.75) is 98.6 Å². The van der Waals surface area contributed by atoms with E-state index in [0.29, 0.717) is 153 Å². The summed E-state index contributed by atoms with van der Waals surface area (Å²) in [4.78, 5) is 132. The molecule has 3 fully saturated rings. The summed E-state index contributed by atoms with van der Waals surface area (Å²) in [5.74, 6) is 0.844. The molecule has 3 aromatic heterocycles. The molecule has 6 aromatic carbocycles. The number of nitrogens with zero attached hydrogens (tertiary/aromatic N) is 12. The monoisotopic (exact) mass is 1700 g/mol. The number of H-pyrrole nitrogens is 1. The Labute approximate surface area is 706 Å². The molecule has 3 unspecified atom stereocenters. The fourth-order valence-electron chi connectivity index (χ4n) is 15.0. The molecule has 0 radical (unpaired) electrons. The molecule has 15 rings (SSSR count). The van der Waals surface area contributed by atoms with Gasteiger partial charge in [-0.15, -0.1) is 0 Å². The summed E-state index contributed by atoms with van der Waals surface area (Å²) in [6.07, 6.45) is 1.44. The number of aliphatic imine (C=N–C) groups is 1. The number of fused-ring (bicyclic) bond motifs is 3. The van der Waals surface area contributed by atoms with Gasteiger partial charge in [-0.05, 0) is 117 Å². The quantitative estimate of drug-likeness (QED) is 0.0490. The Hall–Kier alpha value is -11.2. The van der Waals surface area contributed by atoms with Gasteiger partial charge in [-0.2, -0.15) is 9.36 Å². The number of piperazine rings is 3. The molecule has 27 nitrogen and oxygen atoms in total. The molecule has 0 saturated carbocycles. The molecule has 5 amide bonds. The fourth-order valence-corrected chi connectivity index (χ4v) is 16.3. The van der Waals surface area contributed by atoms with E-state index in [-0.39, 0.29) is 51.5 Å². The lowest BCUT2D eigenvalue weighted by molar-refractivity contribution is -0.128. The molecule has 6 N–H and O–H groups in total. The van der Waals surface area contributed by atoms with E-state index in [1.54, 1.807) is 105 Å². The highest BCUT2D eigenvalue weighted by atomic mass is 35.5. The van der Waals surface area contributed by atoms with Crippen LogP contribution < -0.4 is 58.0 Å². The van der Waals surface area contributed by atoms with Crippen LogP contribution in [0.1, 0.15) is 97.1 Å². The smallest absolute Gasteiger partial charge is 0.344 e. The Balaban J connectivity index is 0.000000156. The number of halogens is 6. The molecule has 3 saturated heterocycles. The lowest BCUT2D eigenvalue weighted by Gasteiger charge is -2.39. The van der Waals surface area contributed by atoms with Crippen LogP contribution >= 0.6 is 69.6 Å². The van der Waals surface area contributed by atoms with Gasteiger partial charge in [0.25, 0.3) is 34.4 Å². The largest absolute Gasteiger partial charge is 0.368 e. The summed E-state index contributed by atoms with van der Waals surface area (Å²) in [6, 6.07) is 46.3. The van der Waals surface area contributed by atoms with Crippen LogP contribution in [0.4, 0.5) is 44.1 Å². The molecule has 0 aliphatic carbocycles. The number of carbonyl (C=O) groups excluding carboxylic acids is 6. The number of isocyanates is 1. The van der Waals surface area contributed by atoms with Gasteiger partial charge in [0.1, 0.15) is 35.6 Å². The van der Waals surface area contributed by atoms with E-state index in [1.807, 2.05) is 86.3 Å². The number of hydrogen-bond donors (Lipinski definition) is 6. The van der Waals surface area contributed by atoms with Crippen molar-refractivity contribution in [3.63, 3.8) is 0 Å². The Bertz CT molecular complexity index is 5320. The van der Waals surface area contributed by atoms with Gasteiger partial charge >= 0.3 is 12.1 Å². The standard InChI is InChI=1S/2C28H30Cl2N6O3.C24H23Cl2N5O2.C4H7NO/c2*1-17(2)31-28(39)36-23(37)16-22-32-18(3)24(26(35(22)36)20-10-7-11-21(29)25(20)30)27(38)34-14-12-33(13-15-34)19-8-5-4-6-9-19;1-15-21(24(33)30-12-10-29(11-13-30)16-6-3-2-4-7-16)23(17-8-5-9-18(25)22(17)26)31-19(27-15)14-20(32)28-31;1-4(2)5-3-6/h2*4-11,16-17,26,32H,12-15H2,1-3H3,(H,31,39);2-9,14,23,27H,10-13H2,1H3,(H,28,32);4H,1-2H3. The van der Waals surface area contributed by atoms with Gasteiger partial charge < -0.3 is 56.0 Å². The first kappa shape index (κ1) is 85.2. The van der Waals surface area contributed by atoms with Crippen molar-refractivity contribution in [3.05, 3.63) is 275 Å². The number of aromatic nitrogens is 6. The maximum Gasteiger partial charge on any atom is 0.344 e. The first-order chi connectivity index (χ1) is 56.0. The van der Waals surface area contributed by atoms with Gasteiger partial charge in [-0.3, -0.25) is 38.5 Å². The number of amides is 5. The van der Waals surface area contributed by atoms with E-state index in [4.69, 9.17) is 69.6 Å². The SMILES string of the molecule is CC(C)N=C=O.CC1=C(C(=O)N2CCN(c3ccccc3)CC2)C(c2cccc(Cl)c2Cl)n2[nH]c(=O)cc2N1.CC1=C(C(=O)N2CCN(c3ccccc3)CC2)C(c2cccc(Cl)c2Cl)n2c(cc(=O)n2C(=O)NC(C)C)N1.CC1=C(C(=O)N2CCN(c3ccccc3)CC2)C(c2cccc(Cl)c2Cl)n2c(cc(=O)n2C(=O)NC(C)C)N1. The number of carbonyl (C=O) groups is 5. The summed E-state index contributed by atoms with van der Waals surface area (Å²) in [7, 11) is 0. The number of allylic oxidation sites excluding steroid dienone is 3. The highest BCUT2D eigenvalue weighted by molar-refractivity contribution is 6.43. The topological polar surface area (TPSA) is 286 Å². The molecule has 6 aliphatic heterocycles. The zero-order chi connectivity index (χ0) is 83.8. The maximum atomic E-state index is 14.2. The van der Waals surface area contributed by atoms with E-state index in [9.17, 15) is 43.2 Å². The number of para-hydroxylation sites is 3. The van der Waals surface area contributed by atoms with E-state index in [2.05, 4.69) is 87.8 Å². The highest BCUT2D eigenvalue weighted by Gasteiger charge is 2.43. The Morgan fingerprint density at radius 1 is 0.410 bits per heavy atom. The van der Waals surface area contributed by atoms with Gasteiger partial charge in [-0.1, -0.05) is 161 Å². The summed E-state index contributed by atoms with van der Waals surface area (Å²) >= 11 is 39.1. The van der Waals surface area contributed by atoms with Crippen LogP contribution in [-0.4, -0.2) is 176 Å². The molecular formula is C84H90Cl6N18O9. The molecule has 9 heterocycles. The Morgan fingerprint density at radius 2 is 0.718 bits per heavy atom. The van der Waals surface area contributed by atoms with Gasteiger partial charge in [0.05, 0.1) is 52.9 Å². The zero-order valence-electron chi connectivity index (χ0n) is 65.8. The van der Waals surface area contributed by atoms with E-state index in [1.165, 1.54) is 33.6 Å². The molecule has 6 aliphatic rings. The Morgan fingerprint density at radius 3 is 1.02 bits per heavy atom. The van der Waals surface area contributed by atoms with Crippen LogP contribution in [-0.2, 0) is 19.2 Å². The minimum Gasteiger partial charge on any atom is -0.368 e. The number of hydrogen-bond acceptors (Lipinski definition) is 16. The van der Waals surface area contributed by atoms with Crippen molar-refractivity contribution in [1.82, 2.24) is 53.8 Å². The second-order valence-electron chi connectivity index (χ2n) is 29.4. The van der Waals surface area contributed by atoms with E-state index >= 15 is 0 Å². The van der Waals surface area contributed by atoms with Gasteiger partial charge in [-0.25, -0.2) is 28.7 Å². The minimum absolute atomic E-state index is 0.0889. The van der Waals surface area contributed by atoms with Crippen molar-refractivity contribution < 1.29 is 28.8 Å². The second-order valence-corrected chi connectivity index (χ2v) is 31.8. The molecule has 3 atom stereocenters. The number of aromatic amines is 1. The molecule has 9 aromatic rings. The molecule has 33 heteroatoms. The van der Waals surface area contributed by atoms with Crippen LogP contribution in [0.15, 0.2) is 217 Å². The summed E-state index contributed by atoms with van der Waals surface area (Å²) < 4.78 is 6.67. The van der Waals surface area contributed by atoms with Crippen molar-refractivity contribution >= 4 is 140 Å². The number of rotatable bonds is 12. The predicted octanol–water partition coefficient (Wildman–Crippen LogP) is 14.0. The molecule has 612 valence electrons. The van der Waals surface area contributed by atoms with Crippen LogP contribution in [0.5, 0.6) is 0 Å². The van der Waals surface area contributed by atoms with Gasteiger partial charge in [0.15, 0.2) is 0 Å². The van der Waals surface area contributed by atoms with Crippen molar-refractivity contribution in [1.29, 1.82) is 0 Å². The van der Waals surface area contributed by atoms with E-state index in [0.717, 1.165) is 39.5 Å². The number of anilines is 6. The second kappa shape index (κ2) is 37.4. The maximum absolute atomic E-state index is 14.2. The van der Waals surface area contributed by atoms with Crippen LogP contribution in [0, 0.1) is 0 Å². The number of benzene rings is 6. The lowest BCUT2D eigenvalue weighted by atomic mass is 9.94. The highest BCUT2D eigenvalue weighted by Crippen LogP contribution is 2.45. The van der Waals surface area contributed by atoms with Crippen molar-refractivity contribution in [2.24, 2.45) is 4.99 Å². The third-order valence-electron chi connectivity index (χ3n) is 20.5. The average Bonchev–Trinajstić information content (AvgIpc) is 1.62. The predicted molar refractivity (Wildman–Crippen MR) is 462 cm³/mol. The Kier molecular flexibility index (Phi) is 27.2. The molecular weight excluding hydrogens is 1620 g/mol. The first-order valence-corrected chi connectivity index (χ1v) is 40.5. The summed E-state index contributed by atoms with van der Waals surface area (Å²) in [5, 5.41) is 19.8. The molecule has 117 heavy (non-hydrogen) atoms. The zero-order valence-corrected chi connectivity index (χ0v) is 70.4. The summed E-state index contributed by atoms with van der Waals surface area (Å²) in [6.45, 7) is 23.7. The summed E-state index contributed by atoms with van der Waals surface area (Å²) in [5.41, 5.74) is 6.88. The van der Waals surface area contributed by atoms with E-state index < -0.39 is 41.3 Å². The lowest BCUT2D eigenvalue weighted by Crippen LogP contribution is -2.51. The normalized spacial score (nSPS) is 17.0.